The van der Waals surface area contributed by atoms with Gasteiger partial charge in [-0.15, -0.1) is 0 Å². The van der Waals surface area contributed by atoms with Crippen molar-refractivity contribution in [1.29, 1.82) is 0 Å². The lowest BCUT2D eigenvalue weighted by molar-refractivity contribution is 0.228. The normalized spacial score (nSPS) is 19.6. The smallest absolute Gasteiger partial charge is 0.161 e. The van der Waals surface area contributed by atoms with Crippen LogP contribution >= 0.6 is 0 Å². The summed E-state index contributed by atoms with van der Waals surface area (Å²) in [6, 6.07) is 12.8. The summed E-state index contributed by atoms with van der Waals surface area (Å²) >= 11 is 0. The minimum atomic E-state index is 0.423. The number of rotatable bonds is 1. The predicted molar refractivity (Wildman–Crippen MR) is 84.2 cm³/mol. The van der Waals surface area contributed by atoms with Crippen molar-refractivity contribution < 1.29 is 9.47 Å². The Balaban J connectivity index is 1.70. The molecule has 2 aliphatic rings. The lowest BCUT2D eigenvalue weighted by Gasteiger charge is -2.10. The highest BCUT2D eigenvalue weighted by Gasteiger charge is 2.16. The third-order valence-electron chi connectivity index (χ3n) is 4.14. The molecule has 1 atom stereocenters. The third-order valence-corrected chi connectivity index (χ3v) is 4.14. The molecule has 0 radical (unpaired) electrons. The predicted octanol–water partition coefficient (Wildman–Crippen LogP) is 3.73. The summed E-state index contributed by atoms with van der Waals surface area (Å²) in [7, 11) is 0. The van der Waals surface area contributed by atoms with Gasteiger partial charge in [0.1, 0.15) is 0 Å². The van der Waals surface area contributed by atoms with Gasteiger partial charge in [0, 0.05) is 18.2 Å². The van der Waals surface area contributed by atoms with Crippen molar-refractivity contribution in [2.24, 2.45) is 5.92 Å². The molecule has 21 heavy (non-hydrogen) atoms. The summed E-state index contributed by atoms with van der Waals surface area (Å²) in [5, 5.41) is 3.40. The maximum absolute atomic E-state index is 5.88. The number of benzene rings is 2. The molecular formula is C18H19NO2. The van der Waals surface area contributed by atoms with Gasteiger partial charge in [-0.1, -0.05) is 19.1 Å². The topological polar surface area (TPSA) is 30.5 Å². The summed E-state index contributed by atoms with van der Waals surface area (Å²) < 4.78 is 11.7. The van der Waals surface area contributed by atoms with E-state index >= 15 is 0 Å². The summed E-state index contributed by atoms with van der Waals surface area (Å²) in [5.74, 6) is 2.13. The Hall–Kier alpha value is -2.16. The zero-order valence-corrected chi connectivity index (χ0v) is 12.2. The van der Waals surface area contributed by atoms with Crippen molar-refractivity contribution in [3.8, 4) is 22.6 Å². The highest BCUT2D eigenvalue weighted by molar-refractivity contribution is 5.72. The lowest BCUT2D eigenvalue weighted by Crippen LogP contribution is -2.12. The van der Waals surface area contributed by atoms with Gasteiger partial charge < -0.3 is 14.8 Å². The fraction of sp³-hybridized carbons (Fsp3) is 0.333. The van der Waals surface area contributed by atoms with Gasteiger partial charge in [0.2, 0.25) is 0 Å². The Morgan fingerprint density at radius 1 is 0.952 bits per heavy atom. The highest BCUT2D eigenvalue weighted by atomic mass is 16.5. The van der Waals surface area contributed by atoms with Gasteiger partial charge in [-0.05, 0) is 47.4 Å². The molecule has 0 amide bonds. The van der Waals surface area contributed by atoms with E-state index in [9.17, 15) is 0 Å². The highest BCUT2D eigenvalue weighted by Crippen LogP contribution is 2.36. The Labute approximate surface area is 124 Å². The van der Waals surface area contributed by atoms with Crippen molar-refractivity contribution in [2.45, 2.75) is 13.3 Å². The van der Waals surface area contributed by atoms with E-state index in [2.05, 4.69) is 42.6 Å². The number of hydrogen-bond acceptors (Lipinski definition) is 3. The molecule has 2 heterocycles. The van der Waals surface area contributed by atoms with Gasteiger partial charge in [0.15, 0.2) is 11.5 Å². The second kappa shape index (κ2) is 4.99. The van der Waals surface area contributed by atoms with E-state index in [1.165, 1.54) is 22.4 Å². The van der Waals surface area contributed by atoms with Gasteiger partial charge in [-0.3, -0.25) is 0 Å². The first-order valence-electron chi connectivity index (χ1n) is 7.56. The van der Waals surface area contributed by atoms with Crippen LogP contribution in [0.5, 0.6) is 11.5 Å². The van der Waals surface area contributed by atoms with Crippen LogP contribution in [0.25, 0.3) is 11.1 Å². The molecule has 1 unspecified atom stereocenters. The molecule has 0 bridgehead atoms. The summed E-state index contributed by atoms with van der Waals surface area (Å²) in [5.41, 5.74) is 5.08. The fourth-order valence-corrected chi connectivity index (χ4v) is 2.92. The minimum absolute atomic E-state index is 0.423. The molecule has 3 nitrogen and oxygen atoms in total. The van der Waals surface area contributed by atoms with Crippen molar-refractivity contribution >= 4 is 5.69 Å². The van der Waals surface area contributed by atoms with Crippen LogP contribution in [0.4, 0.5) is 5.69 Å². The molecule has 1 N–H and O–H groups in total. The van der Waals surface area contributed by atoms with Crippen molar-refractivity contribution in [3.05, 3.63) is 42.0 Å². The molecule has 0 saturated heterocycles. The molecule has 3 heteroatoms. The number of nitrogens with one attached hydrogen (secondary N) is 1. The molecule has 0 spiro atoms. The SMILES string of the molecule is CC1COc2ccc(-c3ccc4c(c3)CCN4)cc2OC1. The van der Waals surface area contributed by atoms with E-state index in [-0.39, 0.29) is 0 Å². The minimum Gasteiger partial charge on any atom is -0.489 e. The number of ether oxygens (including phenoxy) is 2. The van der Waals surface area contributed by atoms with Gasteiger partial charge in [-0.2, -0.15) is 0 Å². The summed E-state index contributed by atoms with van der Waals surface area (Å²) in [6.45, 7) is 4.61. The van der Waals surface area contributed by atoms with Crippen LogP contribution in [0, 0.1) is 5.92 Å². The van der Waals surface area contributed by atoms with Crippen LogP contribution in [0.3, 0.4) is 0 Å². The van der Waals surface area contributed by atoms with Crippen molar-refractivity contribution in [2.75, 3.05) is 25.1 Å². The quantitative estimate of drug-likeness (QED) is 0.864. The zero-order valence-electron chi connectivity index (χ0n) is 12.2. The average Bonchev–Trinajstić information content (AvgIpc) is 2.90. The lowest BCUT2D eigenvalue weighted by atomic mass is 10.0. The Kier molecular flexibility index (Phi) is 2.99. The van der Waals surface area contributed by atoms with Crippen LogP contribution in [-0.2, 0) is 6.42 Å². The van der Waals surface area contributed by atoms with E-state index in [0.29, 0.717) is 12.5 Å². The van der Waals surface area contributed by atoms with Crippen LogP contribution in [-0.4, -0.2) is 19.8 Å². The molecular weight excluding hydrogens is 262 g/mol. The molecule has 0 saturated carbocycles. The molecule has 108 valence electrons. The second-order valence-corrected chi connectivity index (χ2v) is 5.94. The molecule has 0 fully saturated rings. The van der Waals surface area contributed by atoms with Crippen molar-refractivity contribution in [1.82, 2.24) is 0 Å². The largest absolute Gasteiger partial charge is 0.489 e. The summed E-state index contributed by atoms with van der Waals surface area (Å²) in [4.78, 5) is 0. The average molecular weight is 281 g/mol. The molecule has 0 aliphatic carbocycles. The van der Waals surface area contributed by atoms with E-state index in [1.807, 2.05) is 6.07 Å². The van der Waals surface area contributed by atoms with Crippen LogP contribution in [0.15, 0.2) is 36.4 Å². The number of hydrogen-bond donors (Lipinski definition) is 1. The van der Waals surface area contributed by atoms with E-state index in [1.54, 1.807) is 0 Å². The Morgan fingerprint density at radius 2 is 1.71 bits per heavy atom. The first-order valence-corrected chi connectivity index (χ1v) is 7.56. The Morgan fingerprint density at radius 3 is 2.62 bits per heavy atom. The second-order valence-electron chi connectivity index (χ2n) is 5.94. The first-order chi connectivity index (χ1) is 10.3. The monoisotopic (exact) mass is 281 g/mol. The summed E-state index contributed by atoms with van der Waals surface area (Å²) in [6.07, 6.45) is 1.10. The zero-order chi connectivity index (χ0) is 14.2. The first kappa shape index (κ1) is 12.6. The van der Waals surface area contributed by atoms with Gasteiger partial charge in [-0.25, -0.2) is 0 Å². The molecule has 2 aromatic carbocycles. The third kappa shape index (κ3) is 2.33. The molecule has 2 aromatic rings. The number of anilines is 1. The molecule has 2 aliphatic heterocycles. The van der Waals surface area contributed by atoms with Gasteiger partial charge in [0.05, 0.1) is 13.2 Å². The van der Waals surface area contributed by atoms with Gasteiger partial charge >= 0.3 is 0 Å². The molecule has 4 rings (SSSR count). The maximum atomic E-state index is 5.88. The standard InChI is InChI=1S/C18H19NO2/c1-12-10-20-17-5-3-14(9-18(17)21-11-12)13-2-4-16-15(8-13)6-7-19-16/h2-5,8-9,12,19H,6-7,10-11H2,1H3. The maximum Gasteiger partial charge on any atom is 0.161 e. The van der Waals surface area contributed by atoms with E-state index < -0.39 is 0 Å². The van der Waals surface area contributed by atoms with Crippen LogP contribution in [0.2, 0.25) is 0 Å². The van der Waals surface area contributed by atoms with E-state index in [0.717, 1.165) is 31.1 Å². The fourth-order valence-electron chi connectivity index (χ4n) is 2.92. The molecule has 0 aromatic heterocycles. The van der Waals surface area contributed by atoms with Crippen LogP contribution in [0.1, 0.15) is 12.5 Å². The van der Waals surface area contributed by atoms with Gasteiger partial charge in [0.25, 0.3) is 0 Å². The van der Waals surface area contributed by atoms with Crippen LogP contribution < -0.4 is 14.8 Å². The van der Waals surface area contributed by atoms with E-state index in [4.69, 9.17) is 9.47 Å². The number of fused-ring (bicyclic) bond motifs is 2. The Bertz CT molecular complexity index is 681. The van der Waals surface area contributed by atoms with Crippen molar-refractivity contribution in [3.63, 3.8) is 0 Å².